The Morgan fingerprint density at radius 2 is 2.05 bits per heavy atom. The fraction of sp³-hybridized carbons (Fsp3) is 0.0588. The van der Waals surface area contributed by atoms with Crippen molar-refractivity contribution in [2.75, 3.05) is 0 Å². The number of nitrogens with zero attached hydrogens (tertiary/aromatic N) is 1. The van der Waals surface area contributed by atoms with Crippen molar-refractivity contribution in [3.8, 4) is 0 Å². The minimum atomic E-state index is 0.0880. The maximum absolute atomic E-state index is 12.2. The summed E-state index contributed by atoms with van der Waals surface area (Å²) in [4.78, 5) is 16.8. The molecule has 0 amide bonds. The second-order valence-electron chi connectivity index (χ2n) is 4.79. The van der Waals surface area contributed by atoms with E-state index < -0.39 is 0 Å². The molecule has 2 aliphatic rings. The summed E-state index contributed by atoms with van der Waals surface area (Å²) in [7, 11) is 0. The summed E-state index contributed by atoms with van der Waals surface area (Å²) < 4.78 is 0. The molecule has 4 rings (SSSR count). The van der Waals surface area contributed by atoms with Crippen LogP contribution < -0.4 is 10.6 Å². The summed E-state index contributed by atoms with van der Waals surface area (Å²) in [5.74, 6) is 0.0880. The zero-order valence-electron chi connectivity index (χ0n) is 10.3. The summed E-state index contributed by atoms with van der Waals surface area (Å²) in [5.41, 5.74) is 1.75. The van der Waals surface area contributed by atoms with E-state index in [1.54, 1.807) is 6.08 Å². The Hall–Kier alpha value is -2.48. The van der Waals surface area contributed by atoms with Crippen LogP contribution in [0.25, 0.3) is 22.4 Å². The van der Waals surface area contributed by atoms with Crippen molar-refractivity contribution in [2.24, 2.45) is 0 Å². The summed E-state index contributed by atoms with van der Waals surface area (Å²) in [6.45, 7) is 0. The van der Waals surface area contributed by atoms with E-state index >= 15 is 0 Å². The smallest absolute Gasteiger partial charge is 0.186 e. The van der Waals surface area contributed by atoms with E-state index in [4.69, 9.17) is 0 Å². The number of fused-ring (bicyclic) bond motifs is 4. The molecule has 0 atom stereocenters. The highest BCUT2D eigenvalue weighted by molar-refractivity contribution is 6.26. The standard InChI is InChI=1S/C17H11NO/c19-16-9-15-12-6-2-1-5-11(12)10-18-17(15)14-8-4-3-7-13(14)16/h1-2,4-10H,3H2. The molecular weight excluding hydrogens is 234 g/mol. The molecule has 0 spiro atoms. The lowest BCUT2D eigenvalue weighted by Crippen LogP contribution is -2.36. The van der Waals surface area contributed by atoms with Gasteiger partial charge in [-0.05, 0) is 17.9 Å². The highest BCUT2D eigenvalue weighted by Crippen LogP contribution is 2.21. The van der Waals surface area contributed by atoms with E-state index in [1.807, 2.05) is 42.6 Å². The molecule has 0 unspecified atom stereocenters. The van der Waals surface area contributed by atoms with Crippen LogP contribution in [-0.2, 0) is 4.79 Å². The number of allylic oxidation sites excluding steroid dienone is 4. The molecular formula is C17H11NO. The number of hydrogen-bond acceptors (Lipinski definition) is 2. The van der Waals surface area contributed by atoms with Gasteiger partial charge in [-0.15, -0.1) is 0 Å². The fourth-order valence-electron chi connectivity index (χ4n) is 2.77. The maximum Gasteiger partial charge on any atom is 0.186 e. The van der Waals surface area contributed by atoms with Gasteiger partial charge in [-0.2, -0.15) is 0 Å². The maximum atomic E-state index is 12.2. The minimum Gasteiger partial charge on any atom is -0.289 e. The van der Waals surface area contributed by atoms with Crippen LogP contribution in [0.2, 0.25) is 0 Å². The molecule has 0 bridgehead atoms. The number of carbonyl (C=O) groups excluding carboxylic acids is 1. The topological polar surface area (TPSA) is 30.0 Å². The third kappa shape index (κ3) is 1.43. The number of Topliss-reactive ketones (excluding diaryl/α,β-unsaturated/α-hetero) is 1. The van der Waals surface area contributed by atoms with E-state index in [1.165, 1.54) is 0 Å². The van der Waals surface area contributed by atoms with Crippen LogP contribution in [0.1, 0.15) is 6.42 Å². The van der Waals surface area contributed by atoms with Crippen molar-refractivity contribution < 1.29 is 4.79 Å². The molecule has 1 aromatic carbocycles. The van der Waals surface area contributed by atoms with Gasteiger partial charge >= 0.3 is 0 Å². The lowest BCUT2D eigenvalue weighted by molar-refractivity contribution is -0.109. The Kier molecular flexibility index (Phi) is 2.06. The van der Waals surface area contributed by atoms with Gasteiger partial charge in [0.2, 0.25) is 0 Å². The van der Waals surface area contributed by atoms with Crippen LogP contribution in [0, 0.1) is 0 Å². The first-order valence-electron chi connectivity index (χ1n) is 6.36. The number of hydrogen-bond donors (Lipinski definition) is 0. The monoisotopic (exact) mass is 245 g/mol. The summed E-state index contributed by atoms with van der Waals surface area (Å²) in [5, 5.41) is 4.02. The molecule has 19 heavy (non-hydrogen) atoms. The van der Waals surface area contributed by atoms with Gasteiger partial charge in [0.25, 0.3) is 0 Å². The van der Waals surface area contributed by atoms with Gasteiger partial charge in [0.15, 0.2) is 5.78 Å². The largest absolute Gasteiger partial charge is 0.289 e. The van der Waals surface area contributed by atoms with Crippen LogP contribution in [0.5, 0.6) is 0 Å². The van der Waals surface area contributed by atoms with E-state index in [0.29, 0.717) is 0 Å². The van der Waals surface area contributed by atoms with E-state index in [9.17, 15) is 4.79 Å². The van der Waals surface area contributed by atoms with Gasteiger partial charge < -0.3 is 0 Å². The quantitative estimate of drug-likeness (QED) is 0.706. The second kappa shape index (κ2) is 3.75. The van der Waals surface area contributed by atoms with Crippen molar-refractivity contribution in [2.45, 2.75) is 6.42 Å². The molecule has 0 fully saturated rings. The lowest BCUT2D eigenvalue weighted by Gasteiger charge is -2.14. The Bertz CT molecular complexity index is 900. The SMILES string of the molecule is O=C1C=c2c(ncc3ccccc23)=C2C=CCC=C12. The average Bonchev–Trinajstić information content (AvgIpc) is 2.47. The third-order valence-corrected chi connectivity index (χ3v) is 3.67. The molecule has 0 aliphatic heterocycles. The molecule has 2 nitrogen and oxygen atoms in total. The number of benzene rings is 1. The fourth-order valence-corrected chi connectivity index (χ4v) is 2.77. The molecule has 2 heteroatoms. The van der Waals surface area contributed by atoms with Crippen LogP contribution in [0.3, 0.4) is 0 Å². The van der Waals surface area contributed by atoms with Crippen molar-refractivity contribution in [3.05, 3.63) is 64.8 Å². The highest BCUT2D eigenvalue weighted by atomic mass is 16.1. The van der Waals surface area contributed by atoms with Crippen molar-refractivity contribution in [1.29, 1.82) is 0 Å². The first-order chi connectivity index (χ1) is 9.34. The second-order valence-corrected chi connectivity index (χ2v) is 4.79. The number of pyridine rings is 1. The molecule has 90 valence electrons. The molecule has 2 aromatic rings. The normalized spacial score (nSPS) is 16.7. The van der Waals surface area contributed by atoms with Gasteiger partial charge in [-0.25, -0.2) is 0 Å². The highest BCUT2D eigenvalue weighted by Gasteiger charge is 2.19. The third-order valence-electron chi connectivity index (χ3n) is 3.67. The van der Waals surface area contributed by atoms with Crippen molar-refractivity contribution >= 4 is 28.2 Å². The molecule has 0 saturated carbocycles. The Labute approximate surface area is 110 Å². The number of ketones is 1. The van der Waals surface area contributed by atoms with Crippen LogP contribution in [0.4, 0.5) is 0 Å². The van der Waals surface area contributed by atoms with Crippen LogP contribution in [-0.4, -0.2) is 10.8 Å². The summed E-state index contributed by atoms with van der Waals surface area (Å²) >= 11 is 0. The molecule has 0 N–H and O–H groups in total. The molecule has 1 aromatic heterocycles. The number of carbonyl (C=O) groups is 1. The Balaban J connectivity index is 2.27. The van der Waals surface area contributed by atoms with Crippen LogP contribution in [0.15, 0.2) is 54.3 Å². The molecule has 0 saturated heterocycles. The van der Waals surface area contributed by atoms with Gasteiger partial charge in [-0.3, -0.25) is 9.78 Å². The van der Waals surface area contributed by atoms with Gasteiger partial charge in [0.1, 0.15) is 0 Å². The predicted molar refractivity (Wildman–Crippen MR) is 75.7 cm³/mol. The Morgan fingerprint density at radius 1 is 1.16 bits per heavy atom. The van der Waals surface area contributed by atoms with Crippen molar-refractivity contribution in [3.63, 3.8) is 0 Å². The predicted octanol–water partition coefficient (Wildman–Crippen LogP) is 1.63. The van der Waals surface area contributed by atoms with E-state index in [2.05, 4.69) is 11.1 Å². The number of aromatic nitrogens is 1. The first-order valence-corrected chi connectivity index (χ1v) is 6.36. The first kappa shape index (κ1) is 10.4. The minimum absolute atomic E-state index is 0.0880. The zero-order chi connectivity index (χ0) is 12.8. The van der Waals surface area contributed by atoms with Crippen LogP contribution >= 0.6 is 0 Å². The summed E-state index contributed by atoms with van der Waals surface area (Å²) in [6.07, 6.45) is 10.5. The van der Waals surface area contributed by atoms with Crippen molar-refractivity contribution in [1.82, 2.24) is 4.98 Å². The van der Waals surface area contributed by atoms with Gasteiger partial charge in [-0.1, -0.05) is 42.5 Å². The zero-order valence-corrected chi connectivity index (χ0v) is 10.3. The van der Waals surface area contributed by atoms with E-state index in [0.717, 1.165) is 38.9 Å². The molecule has 1 heterocycles. The average molecular weight is 245 g/mol. The lowest BCUT2D eigenvalue weighted by atomic mass is 9.90. The van der Waals surface area contributed by atoms with Gasteiger partial charge in [0, 0.05) is 27.9 Å². The number of rotatable bonds is 0. The summed E-state index contributed by atoms with van der Waals surface area (Å²) in [6, 6.07) is 8.04. The Morgan fingerprint density at radius 3 is 3.00 bits per heavy atom. The molecule has 2 aliphatic carbocycles. The van der Waals surface area contributed by atoms with E-state index in [-0.39, 0.29) is 5.78 Å². The molecule has 0 radical (unpaired) electrons. The van der Waals surface area contributed by atoms with Gasteiger partial charge in [0.05, 0.1) is 5.35 Å².